The van der Waals surface area contributed by atoms with Crippen LogP contribution in [0.25, 0.3) is 0 Å². The summed E-state index contributed by atoms with van der Waals surface area (Å²) < 4.78 is 0. The van der Waals surface area contributed by atoms with Gasteiger partial charge >= 0.3 is 0 Å². The van der Waals surface area contributed by atoms with E-state index in [1.54, 1.807) is 0 Å². The van der Waals surface area contributed by atoms with Gasteiger partial charge in [-0.2, -0.15) is 0 Å². The van der Waals surface area contributed by atoms with Gasteiger partial charge in [-0.05, 0) is 12.3 Å². The Kier molecular flexibility index (Phi) is 3.26. The first-order valence-electron chi connectivity index (χ1n) is 5.89. The second-order valence-corrected chi connectivity index (χ2v) is 4.65. The predicted octanol–water partition coefficient (Wildman–Crippen LogP) is 0.170. The largest absolute Gasteiger partial charge is 0.342 e. The highest BCUT2D eigenvalue weighted by atomic mass is 16.2. The molecule has 0 aliphatic carbocycles. The molecule has 17 heavy (non-hydrogen) atoms. The zero-order valence-electron chi connectivity index (χ0n) is 9.89. The van der Waals surface area contributed by atoms with E-state index in [2.05, 4.69) is 6.92 Å². The van der Waals surface area contributed by atoms with E-state index in [4.69, 9.17) is 0 Å². The molecule has 0 aromatic carbocycles. The Bertz CT molecular complexity index is 371. The smallest absolute Gasteiger partial charge is 0.253 e. The van der Waals surface area contributed by atoms with Crippen molar-refractivity contribution in [2.75, 3.05) is 19.6 Å². The summed E-state index contributed by atoms with van der Waals surface area (Å²) in [6, 6.07) is 0. The Morgan fingerprint density at radius 2 is 2.00 bits per heavy atom. The van der Waals surface area contributed by atoms with E-state index >= 15 is 0 Å². The van der Waals surface area contributed by atoms with Gasteiger partial charge in [-0.1, -0.05) is 6.92 Å². The van der Waals surface area contributed by atoms with Crippen LogP contribution < -0.4 is 0 Å². The fourth-order valence-electron chi connectivity index (χ4n) is 2.18. The SMILES string of the molecule is C[C@H]1CCN(C(=O)CCN2C(=O)C=CC2=O)C1. The molecule has 0 aromatic rings. The number of imide groups is 1. The van der Waals surface area contributed by atoms with Crippen molar-refractivity contribution in [1.29, 1.82) is 0 Å². The van der Waals surface area contributed by atoms with Crippen LogP contribution in [0.15, 0.2) is 12.2 Å². The summed E-state index contributed by atoms with van der Waals surface area (Å²) in [5.41, 5.74) is 0. The molecule has 0 spiro atoms. The van der Waals surface area contributed by atoms with E-state index < -0.39 is 0 Å². The Morgan fingerprint density at radius 1 is 1.35 bits per heavy atom. The topological polar surface area (TPSA) is 57.7 Å². The van der Waals surface area contributed by atoms with E-state index in [0.29, 0.717) is 5.92 Å². The summed E-state index contributed by atoms with van der Waals surface area (Å²) in [7, 11) is 0. The van der Waals surface area contributed by atoms with Gasteiger partial charge in [-0.25, -0.2) is 0 Å². The average Bonchev–Trinajstić information content (AvgIpc) is 2.84. The van der Waals surface area contributed by atoms with E-state index in [0.717, 1.165) is 24.4 Å². The highest BCUT2D eigenvalue weighted by Crippen LogP contribution is 2.16. The second kappa shape index (κ2) is 4.69. The fourth-order valence-corrected chi connectivity index (χ4v) is 2.18. The van der Waals surface area contributed by atoms with Gasteiger partial charge in [0.2, 0.25) is 5.91 Å². The molecule has 2 aliphatic heterocycles. The fraction of sp³-hybridized carbons (Fsp3) is 0.583. The maximum atomic E-state index is 11.8. The minimum atomic E-state index is -0.322. The van der Waals surface area contributed by atoms with Gasteiger partial charge in [0.25, 0.3) is 11.8 Å². The maximum absolute atomic E-state index is 11.8. The molecule has 1 saturated heterocycles. The van der Waals surface area contributed by atoms with Crippen molar-refractivity contribution in [1.82, 2.24) is 9.80 Å². The third kappa shape index (κ3) is 2.54. The molecule has 2 aliphatic rings. The predicted molar refractivity (Wildman–Crippen MR) is 60.8 cm³/mol. The third-order valence-corrected chi connectivity index (χ3v) is 3.23. The summed E-state index contributed by atoms with van der Waals surface area (Å²) in [5.74, 6) is -0.0623. The van der Waals surface area contributed by atoms with Crippen LogP contribution in [-0.4, -0.2) is 47.2 Å². The normalized spacial score (nSPS) is 23.9. The van der Waals surface area contributed by atoms with Gasteiger partial charge < -0.3 is 4.90 Å². The monoisotopic (exact) mass is 236 g/mol. The van der Waals surface area contributed by atoms with Gasteiger partial charge in [-0.15, -0.1) is 0 Å². The third-order valence-electron chi connectivity index (χ3n) is 3.23. The molecule has 5 heteroatoms. The first kappa shape index (κ1) is 11.8. The number of carbonyl (C=O) groups is 3. The van der Waals surface area contributed by atoms with Gasteiger partial charge in [0, 0.05) is 38.2 Å². The van der Waals surface area contributed by atoms with Crippen LogP contribution in [0.2, 0.25) is 0 Å². The zero-order valence-corrected chi connectivity index (χ0v) is 9.89. The molecule has 92 valence electrons. The highest BCUT2D eigenvalue weighted by Gasteiger charge is 2.27. The van der Waals surface area contributed by atoms with Gasteiger partial charge in [0.05, 0.1) is 0 Å². The molecule has 1 atom stereocenters. The van der Waals surface area contributed by atoms with Crippen molar-refractivity contribution in [2.45, 2.75) is 19.8 Å². The lowest BCUT2D eigenvalue weighted by Crippen LogP contribution is -2.36. The van der Waals surface area contributed by atoms with Crippen molar-refractivity contribution >= 4 is 17.7 Å². The van der Waals surface area contributed by atoms with E-state index in [1.807, 2.05) is 4.90 Å². The van der Waals surface area contributed by atoms with Crippen LogP contribution in [-0.2, 0) is 14.4 Å². The standard InChI is InChI=1S/C12H16N2O3/c1-9-4-6-13(8-9)10(15)5-7-14-11(16)2-3-12(14)17/h2-3,9H,4-8H2,1H3/t9-/m0/s1. The summed E-state index contributed by atoms with van der Waals surface area (Å²) in [5, 5.41) is 0. The Hall–Kier alpha value is -1.65. The Balaban J connectivity index is 1.80. The molecule has 0 unspecified atom stereocenters. The van der Waals surface area contributed by atoms with E-state index in [-0.39, 0.29) is 30.7 Å². The minimum absolute atomic E-state index is 0.0295. The van der Waals surface area contributed by atoms with Crippen LogP contribution in [0.3, 0.4) is 0 Å². The van der Waals surface area contributed by atoms with Crippen LogP contribution in [0.1, 0.15) is 19.8 Å². The zero-order chi connectivity index (χ0) is 12.4. The number of carbonyl (C=O) groups excluding carboxylic acids is 3. The van der Waals surface area contributed by atoms with Crippen LogP contribution in [0.5, 0.6) is 0 Å². The first-order chi connectivity index (χ1) is 8.08. The minimum Gasteiger partial charge on any atom is -0.342 e. The van der Waals surface area contributed by atoms with Crippen molar-refractivity contribution < 1.29 is 14.4 Å². The van der Waals surface area contributed by atoms with Crippen LogP contribution in [0, 0.1) is 5.92 Å². The quantitative estimate of drug-likeness (QED) is 0.656. The number of hydrogen-bond acceptors (Lipinski definition) is 3. The first-order valence-corrected chi connectivity index (χ1v) is 5.89. The average molecular weight is 236 g/mol. The Labute approximate surface area is 100 Å². The number of likely N-dealkylation sites (tertiary alicyclic amines) is 1. The van der Waals surface area contributed by atoms with Crippen molar-refractivity contribution in [3.05, 3.63) is 12.2 Å². The Morgan fingerprint density at radius 3 is 2.53 bits per heavy atom. The molecule has 0 bridgehead atoms. The number of amides is 3. The molecule has 0 N–H and O–H groups in total. The lowest BCUT2D eigenvalue weighted by atomic mass is 10.2. The molecule has 3 amide bonds. The summed E-state index contributed by atoms with van der Waals surface area (Å²) in [4.78, 5) is 37.3. The van der Waals surface area contributed by atoms with Gasteiger partial charge in [-0.3, -0.25) is 19.3 Å². The van der Waals surface area contributed by atoms with Crippen LogP contribution >= 0.6 is 0 Å². The molecule has 2 heterocycles. The number of rotatable bonds is 3. The van der Waals surface area contributed by atoms with Crippen LogP contribution in [0.4, 0.5) is 0 Å². The maximum Gasteiger partial charge on any atom is 0.253 e. The summed E-state index contributed by atoms with van der Waals surface area (Å²) in [6.45, 7) is 3.89. The summed E-state index contributed by atoms with van der Waals surface area (Å²) >= 11 is 0. The van der Waals surface area contributed by atoms with E-state index in [9.17, 15) is 14.4 Å². The lowest BCUT2D eigenvalue weighted by molar-refractivity contribution is -0.138. The molecule has 0 radical (unpaired) electrons. The molecule has 0 aromatic heterocycles. The summed E-state index contributed by atoms with van der Waals surface area (Å²) in [6.07, 6.45) is 3.75. The molecule has 2 rings (SSSR count). The number of nitrogens with zero attached hydrogens (tertiary/aromatic N) is 2. The molecule has 1 fully saturated rings. The van der Waals surface area contributed by atoms with Crippen molar-refractivity contribution in [3.63, 3.8) is 0 Å². The molecular weight excluding hydrogens is 220 g/mol. The van der Waals surface area contributed by atoms with Crippen molar-refractivity contribution in [2.24, 2.45) is 5.92 Å². The molecule has 0 saturated carbocycles. The van der Waals surface area contributed by atoms with E-state index in [1.165, 1.54) is 12.2 Å². The molecule has 5 nitrogen and oxygen atoms in total. The molecular formula is C12H16N2O3. The highest BCUT2D eigenvalue weighted by molar-refractivity contribution is 6.13. The van der Waals surface area contributed by atoms with Gasteiger partial charge in [0.15, 0.2) is 0 Å². The van der Waals surface area contributed by atoms with Crippen molar-refractivity contribution in [3.8, 4) is 0 Å². The lowest BCUT2D eigenvalue weighted by Gasteiger charge is -2.18. The second-order valence-electron chi connectivity index (χ2n) is 4.65. The number of hydrogen-bond donors (Lipinski definition) is 0. The van der Waals surface area contributed by atoms with Gasteiger partial charge in [0.1, 0.15) is 0 Å².